The molecule has 0 aliphatic carbocycles. The second-order valence-corrected chi connectivity index (χ2v) is 4.96. The zero-order valence-electron chi connectivity index (χ0n) is 10.5. The molecular weight excluding hydrogens is 313 g/mol. The van der Waals surface area contributed by atoms with Gasteiger partial charge in [-0.05, 0) is 34.5 Å². The predicted molar refractivity (Wildman–Crippen MR) is 73.6 cm³/mol. The average Bonchev–Trinajstić information content (AvgIpc) is 2.76. The number of nitrogens with one attached hydrogen (secondary N) is 1. The number of hydrazine groups is 1. The van der Waals surface area contributed by atoms with Crippen LogP contribution in [0.2, 0.25) is 0 Å². The minimum atomic E-state index is -0.374. The molecule has 0 fully saturated rings. The van der Waals surface area contributed by atoms with Gasteiger partial charge in [-0.25, -0.2) is 9.82 Å². The van der Waals surface area contributed by atoms with Gasteiger partial charge in [0.15, 0.2) is 0 Å². The molecule has 0 amide bonds. The summed E-state index contributed by atoms with van der Waals surface area (Å²) in [6, 6.07) is 2.63. The molecule has 0 aliphatic heterocycles. The number of rotatable bonds is 5. The molecule has 2 rings (SSSR count). The summed E-state index contributed by atoms with van der Waals surface area (Å²) in [5.74, 6) is 5.25. The summed E-state index contributed by atoms with van der Waals surface area (Å²) in [6.45, 7) is 2.85. The molecule has 19 heavy (non-hydrogen) atoms. The van der Waals surface area contributed by atoms with Crippen molar-refractivity contribution in [2.75, 3.05) is 0 Å². The third kappa shape index (κ3) is 2.99. The van der Waals surface area contributed by atoms with E-state index in [1.165, 1.54) is 12.3 Å². The molecule has 2 aromatic heterocycles. The van der Waals surface area contributed by atoms with Gasteiger partial charge in [0.2, 0.25) is 0 Å². The third-order valence-corrected chi connectivity index (χ3v) is 3.37. The summed E-state index contributed by atoms with van der Waals surface area (Å²) in [7, 11) is 0. The van der Waals surface area contributed by atoms with E-state index in [9.17, 15) is 4.39 Å². The summed E-state index contributed by atoms with van der Waals surface area (Å²) in [6.07, 6.45) is 3.85. The Labute approximate surface area is 119 Å². The third-order valence-electron chi connectivity index (χ3n) is 2.75. The van der Waals surface area contributed by atoms with Gasteiger partial charge in [0.25, 0.3) is 0 Å². The number of aryl methyl sites for hydroxylation is 1. The molecule has 0 bridgehead atoms. The Kier molecular flexibility index (Phi) is 4.62. The molecule has 1 unspecified atom stereocenters. The van der Waals surface area contributed by atoms with E-state index in [2.05, 4.69) is 38.4 Å². The second-order valence-electron chi connectivity index (χ2n) is 4.10. The largest absolute Gasteiger partial charge is 0.270 e. The van der Waals surface area contributed by atoms with Crippen LogP contribution in [-0.2, 0) is 6.54 Å². The van der Waals surface area contributed by atoms with Crippen molar-refractivity contribution in [2.45, 2.75) is 25.9 Å². The van der Waals surface area contributed by atoms with E-state index in [0.29, 0.717) is 5.69 Å². The van der Waals surface area contributed by atoms with E-state index in [0.717, 1.165) is 23.1 Å². The minimum Gasteiger partial charge on any atom is -0.270 e. The molecule has 1 atom stereocenters. The molecule has 0 aromatic carbocycles. The number of hydrogen-bond acceptors (Lipinski definition) is 4. The van der Waals surface area contributed by atoms with Crippen LogP contribution >= 0.6 is 15.9 Å². The van der Waals surface area contributed by atoms with E-state index < -0.39 is 0 Å². The monoisotopic (exact) mass is 327 g/mol. The van der Waals surface area contributed by atoms with Gasteiger partial charge in [-0.2, -0.15) is 5.10 Å². The van der Waals surface area contributed by atoms with Crippen LogP contribution in [0.1, 0.15) is 30.8 Å². The average molecular weight is 328 g/mol. The van der Waals surface area contributed by atoms with E-state index in [1.807, 2.05) is 4.68 Å². The number of nitrogens with zero attached hydrogens (tertiary/aromatic N) is 3. The maximum absolute atomic E-state index is 12.9. The Morgan fingerprint density at radius 3 is 2.84 bits per heavy atom. The first-order valence-corrected chi connectivity index (χ1v) is 6.75. The molecule has 2 aromatic rings. The molecule has 0 saturated carbocycles. The van der Waals surface area contributed by atoms with Crippen molar-refractivity contribution >= 4 is 15.9 Å². The summed E-state index contributed by atoms with van der Waals surface area (Å²) < 4.78 is 15.6. The van der Waals surface area contributed by atoms with E-state index in [4.69, 9.17) is 5.84 Å². The Morgan fingerprint density at radius 1 is 1.47 bits per heavy atom. The lowest BCUT2D eigenvalue weighted by atomic mass is 10.1. The number of nitrogens with two attached hydrogens (primary N) is 1. The van der Waals surface area contributed by atoms with Gasteiger partial charge in [0.05, 0.1) is 28.3 Å². The van der Waals surface area contributed by atoms with Crippen molar-refractivity contribution in [3.8, 4) is 0 Å². The summed E-state index contributed by atoms with van der Waals surface area (Å²) in [5.41, 5.74) is 4.22. The van der Waals surface area contributed by atoms with Crippen molar-refractivity contribution in [1.82, 2.24) is 20.2 Å². The summed E-state index contributed by atoms with van der Waals surface area (Å²) in [4.78, 5) is 4.07. The molecular formula is C12H15BrFN5. The first-order valence-electron chi connectivity index (χ1n) is 5.96. The summed E-state index contributed by atoms with van der Waals surface area (Å²) >= 11 is 3.46. The fourth-order valence-corrected chi connectivity index (χ4v) is 2.44. The maximum atomic E-state index is 12.9. The van der Waals surface area contributed by atoms with Crippen LogP contribution in [0, 0.1) is 5.82 Å². The lowest BCUT2D eigenvalue weighted by molar-refractivity contribution is 0.511. The van der Waals surface area contributed by atoms with Gasteiger partial charge in [-0.15, -0.1) is 0 Å². The Balaban J connectivity index is 2.41. The number of hydrogen-bond donors (Lipinski definition) is 2. The zero-order valence-corrected chi connectivity index (χ0v) is 12.1. The highest BCUT2D eigenvalue weighted by Gasteiger charge is 2.21. The maximum Gasteiger partial charge on any atom is 0.141 e. The highest BCUT2D eigenvalue weighted by atomic mass is 79.9. The van der Waals surface area contributed by atoms with Crippen LogP contribution in [0.3, 0.4) is 0 Å². The molecule has 0 spiro atoms. The topological polar surface area (TPSA) is 68.8 Å². The molecule has 0 radical (unpaired) electrons. The van der Waals surface area contributed by atoms with Crippen LogP contribution in [-0.4, -0.2) is 14.8 Å². The van der Waals surface area contributed by atoms with Crippen LogP contribution in [0.4, 0.5) is 4.39 Å². The number of halogens is 2. The van der Waals surface area contributed by atoms with E-state index in [1.54, 1.807) is 12.3 Å². The van der Waals surface area contributed by atoms with Gasteiger partial charge < -0.3 is 0 Å². The van der Waals surface area contributed by atoms with Gasteiger partial charge in [0, 0.05) is 6.54 Å². The molecule has 3 N–H and O–H groups in total. The van der Waals surface area contributed by atoms with Gasteiger partial charge in [-0.3, -0.25) is 15.5 Å². The van der Waals surface area contributed by atoms with E-state index >= 15 is 0 Å². The molecule has 5 nitrogen and oxygen atoms in total. The smallest absolute Gasteiger partial charge is 0.141 e. The van der Waals surface area contributed by atoms with Gasteiger partial charge in [-0.1, -0.05) is 6.92 Å². The zero-order chi connectivity index (χ0) is 13.8. The standard InChI is InChI=1S/C12H15BrFN5/c1-2-5-19-12(9(13)7-17-19)11(18-15)10-4-3-8(14)6-16-10/h3-4,6-7,11,18H,2,5,15H2,1H3. The second kappa shape index (κ2) is 6.23. The van der Waals surface area contributed by atoms with Crippen molar-refractivity contribution in [1.29, 1.82) is 0 Å². The van der Waals surface area contributed by atoms with Crippen LogP contribution < -0.4 is 11.3 Å². The summed E-state index contributed by atoms with van der Waals surface area (Å²) in [5, 5.41) is 4.29. The van der Waals surface area contributed by atoms with Gasteiger partial charge >= 0.3 is 0 Å². The number of pyridine rings is 1. The highest BCUT2D eigenvalue weighted by Crippen LogP contribution is 2.27. The Hall–Kier alpha value is -1.31. The Morgan fingerprint density at radius 2 is 2.26 bits per heavy atom. The number of aromatic nitrogens is 3. The van der Waals surface area contributed by atoms with Crippen molar-refractivity contribution in [2.24, 2.45) is 5.84 Å². The van der Waals surface area contributed by atoms with Crippen LogP contribution in [0.25, 0.3) is 0 Å². The van der Waals surface area contributed by atoms with Crippen molar-refractivity contribution in [3.05, 3.63) is 46.2 Å². The SMILES string of the molecule is CCCn1ncc(Br)c1C(NN)c1ccc(F)cn1. The predicted octanol–water partition coefficient (Wildman–Crippen LogP) is 2.14. The quantitative estimate of drug-likeness (QED) is 0.652. The van der Waals surface area contributed by atoms with E-state index in [-0.39, 0.29) is 11.9 Å². The lowest BCUT2D eigenvalue weighted by Crippen LogP contribution is -2.31. The van der Waals surface area contributed by atoms with Crippen LogP contribution in [0.15, 0.2) is 29.0 Å². The molecule has 2 heterocycles. The molecule has 0 aliphatic rings. The van der Waals surface area contributed by atoms with Crippen molar-refractivity contribution in [3.63, 3.8) is 0 Å². The Bertz CT molecular complexity index is 540. The molecule has 102 valence electrons. The fourth-order valence-electron chi connectivity index (χ4n) is 1.91. The van der Waals surface area contributed by atoms with Crippen LogP contribution in [0.5, 0.6) is 0 Å². The first kappa shape index (κ1) is 14.1. The molecule has 0 saturated heterocycles. The van der Waals surface area contributed by atoms with Gasteiger partial charge in [0.1, 0.15) is 11.9 Å². The van der Waals surface area contributed by atoms with Crippen molar-refractivity contribution < 1.29 is 4.39 Å². The molecule has 7 heteroatoms. The minimum absolute atomic E-state index is 0.343. The fraction of sp³-hybridized carbons (Fsp3) is 0.333. The normalized spacial score (nSPS) is 12.6. The highest BCUT2D eigenvalue weighted by molar-refractivity contribution is 9.10. The first-order chi connectivity index (χ1) is 9.17. The lowest BCUT2D eigenvalue weighted by Gasteiger charge is -2.17.